The maximum absolute atomic E-state index is 13.9. The average Bonchev–Trinajstić information content (AvgIpc) is 2.71. The molecular formula is C23H24FN3. The number of hydrogen-bond donors (Lipinski definition) is 0. The van der Waals surface area contributed by atoms with E-state index >= 15 is 0 Å². The van der Waals surface area contributed by atoms with E-state index < -0.39 is 0 Å². The third kappa shape index (κ3) is 4.58. The maximum atomic E-state index is 13.9. The van der Waals surface area contributed by atoms with E-state index in [1.54, 1.807) is 6.07 Å². The summed E-state index contributed by atoms with van der Waals surface area (Å²) in [5, 5.41) is 0. The molecule has 0 radical (unpaired) electrons. The van der Waals surface area contributed by atoms with Crippen LogP contribution in [0.5, 0.6) is 0 Å². The second kappa shape index (κ2) is 8.40. The first-order valence-corrected chi connectivity index (χ1v) is 9.59. The molecule has 1 saturated heterocycles. The zero-order valence-electron chi connectivity index (χ0n) is 15.4. The van der Waals surface area contributed by atoms with Crippen LogP contribution < -0.4 is 0 Å². The predicted molar refractivity (Wildman–Crippen MR) is 105 cm³/mol. The van der Waals surface area contributed by atoms with Crippen LogP contribution in [0.3, 0.4) is 0 Å². The quantitative estimate of drug-likeness (QED) is 0.666. The summed E-state index contributed by atoms with van der Waals surface area (Å²) in [6.07, 6.45) is 4.60. The van der Waals surface area contributed by atoms with E-state index in [1.165, 1.54) is 6.07 Å². The Morgan fingerprint density at radius 2 is 1.67 bits per heavy atom. The van der Waals surface area contributed by atoms with Crippen molar-refractivity contribution in [3.8, 4) is 0 Å². The predicted octanol–water partition coefficient (Wildman–Crippen LogP) is 4.59. The van der Waals surface area contributed by atoms with Crippen molar-refractivity contribution >= 4 is 0 Å². The molecule has 0 amide bonds. The van der Waals surface area contributed by atoms with Crippen molar-refractivity contribution in [1.82, 2.24) is 14.9 Å². The first-order valence-electron chi connectivity index (χ1n) is 9.59. The lowest BCUT2D eigenvalue weighted by Crippen LogP contribution is -2.33. The molecule has 0 spiro atoms. The molecular weight excluding hydrogens is 337 g/mol. The number of halogens is 1. The molecule has 2 aromatic heterocycles. The van der Waals surface area contributed by atoms with Gasteiger partial charge in [0, 0.05) is 36.5 Å². The molecule has 1 fully saturated rings. The smallest absolute Gasteiger partial charge is 0.126 e. The van der Waals surface area contributed by atoms with Crippen LogP contribution in [0.1, 0.15) is 41.4 Å². The Bertz CT molecular complexity index is 874. The van der Waals surface area contributed by atoms with Gasteiger partial charge in [0.15, 0.2) is 0 Å². The third-order valence-corrected chi connectivity index (χ3v) is 5.28. The van der Waals surface area contributed by atoms with Gasteiger partial charge in [-0.3, -0.25) is 14.9 Å². The van der Waals surface area contributed by atoms with Gasteiger partial charge >= 0.3 is 0 Å². The zero-order valence-corrected chi connectivity index (χ0v) is 15.4. The van der Waals surface area contributed by atoms with E-state index in [4.69, 9.17) is 4.98 Å². The van der Waals surface area contributed by atoms with Gasteiger partial charge in [-0.2, -0.15) is 0 Å². The standard InChI is InChI=1S/C23H24FN3/c24-22-9-2-1-6-19(22)16-20-8-5-10-23(26-20)18-11-14-27(15-12-18)17-21-7-3-4-13-25-21/h1-10,13,18H,11-12,14-17H2. The fourth-order valence-corrected chi connectivity index (χ4v) is 3.77. The van der Waals surface area contributed by atoms with Crippen molar-refractivity contribution in [2.24, 2.45) is 0 Å². The van der Waals surface area contributed by atoms with Crippen LogP contribution in [-0.2, 0) is 13.0 Å². The van der Waals surface area contributed by atoms with Crippen molar-refractivity contribution in [2.75, 3.05) is 13.1 Å². The highest BCUT2D eigenvalue weighted by atomic mass is 19.1. The molecule has 1 aliphatic rings. The Hall–Kier alpha value is -2.59. The van der Waals surface area contributed by atoms with Crippen LogP contribution in [-0.4, -0.2) is 28.0 Å². The fourth-order valence-electron chi connectivity index (χ4n) is 3.77. The van der Waals surface area contributed by atoms with E-state index in [-0.39, 0.29) is 5.82 Å². The van der Waals surface area contributed by atoms with Crippen molar-refractivity contribution in [3.63, 3.8) is 0 Å². The lowest BCUT2D eigenvalue weighted by atomic mass is 9.92. The fraction of sp³-hybridized carbons (Fsp3) is 0.304. The van der Waals surface area contributed by atoms with Gasteiger partial charge in [0.25, 0.3) is 0 Å². The molecule has 3 nitrogen and oxygen atoms in total. The van der Waals surface area contributed by atoms with Crippen LogP contribution in [0.2, 0.25) is 0 Å². The molecule has 4 heteroatoms. The largest absolute Gasteiger partial charge is 0.297 e. The SMILES string of the molecule is Fc1ccccc1Cc1cccc(C2CCN(Cc3ccccn3)CC2)n1. The summed E-state index contributed by atoms with van der Waals surface area (Å²) in [4.78, 5) is 11.7. The monoisotopic (exact) mass is 361 g/mol. The Kier molecular flexibility index (Phi) is 5.54. The Balaban J connectivity index is 1.38. The van der Waals surface area contributed by atoms with Crippen LogP contribution in [0, 0.1) is 5.82 Å². The minimum Gasteiger partial charge on any atom is -0.297 e. The lowest BCUT2D eigenvalue weighted by Gasteiger charge is -2.31. The van der Waals surface area contributed by atoms with Crippen molar-refractivity contribution < 1.29 is 4.39 Å². The number of piperidine rings is 1. The summed E-state index contributed by atoms with van der Waals surface area (Å²) >= 11 is 0. The molecule has 1 aromatic carbocycles. The van der Waals surface area contributed by atoms with E-state index in [0.29, 0.717) is 17.9 Å². The Morgan fingerprint density at radius 3 is 2.44 bits per heavy atom. The first-order chi connectivity index (χ1) is 13.3. The first kappa shape index (κ1) is 17.8. The van der Waals surface area contributed by atoms with Crippen molar-refractivity contribution in [3.05, 3.63) is 95.3 Å². The van der Waals surface area contributed by atoms with Gasteiger partial charge in [0.2, 0.25) is 0 Å². The van der Waals surface area contributed by atoms with Gasteiger partial charge in [-0.05, 0) is 61.8 Å². The van der Waals surface area contributed by atoms with Gasteiger partial charge in [-0.25, -0.2) is 4.39 Å². The molecule has 0 saturated carbocycles. The number of benzene rings is 1. The molecule has 27 heavy (non-hydrogen) atoms. The summed E-state index contributed by atoms with van der Waals surface area (Å²) in [5.74, 6) is 0.318. The highest BCUT2D eigenvalue weighted by molar-refractivity contribution is 5.25. The second-order valence-corrected chi connectivity index (χ2v) is 7.19. The maximum Gasteiger partial charge on any atom is 0.126 e. The molecule has 0 N–H and O–H groups in total. The summed E-state index contributed by atoms with van der Waals surface area (Å²) in [6.45, 7) is 3.02. The minimum absolute atomic E-state index is 0.160. The number of likely N-dealkylation sites (tertiary alicyclic amines) is 1. The number of rotatable bonds is 5. The summed E-state index contributed by atoms with van der Waals surface area (Å²) < 4.78 is 13.9. The Labute approximate surface area is 159 Å². The molecule has 0 aliphatic carbocycles. The second-order valence-electron chi connectivity index (χ2n) is 7.19. The van der Waals surface area contributed by atoms with Crippen molar-refractivity contribution in [2.45, 2.75) is 31.7 Å². The highest BCUT2D eigenvalue weighted by Crippen LogP contribution is 2.27. The number of aromatic nitrogens is 2. The van der Waals surface area contributed by atoms with Gasteiger partial charge in [-0.1, -0.05) is 30.3 Å². The highest BCUT2D eigenvalue weighted by Gasteiger charge is 2.22. The molecule has 4 rings (SSSR count). The zero-order chi connectivity index (χ0) is 18.5. The van der Waals surface area contributed by atoms with Crippen LogP contribution in [0.4, 0.5) is 4.39 Å². The Morgan fingerprint density at radius 1 is 0.889 bits per heavy atom. The summed E-state index contributed by atoms with van der Waals surface area (Å²) in [6, 6.07) is 19.2. The van der Waals surface area contributed by atoms with Crippen LogP contribution in [0.25, 0.3) is 0 Å². The number of pyridine rings is 2. The molecule has 3 aromatic rings. The van der Waals surface area contributed by atoms with Crippen LogP contribution in [0.15, 0.2) is 66.9 Å². The van der Waals surface area contributed by atoms with E-state index in [1.807, 2.05) is 36.5 Å². The average molecular weight is 361 g/mol. The van der Waals surface area contributed by atoms with Crippen LogP contribution >= 0.6 is 0 Å². The summed E-state index contributed by atoms with van der Waals surface area (Å²) in [5.41, 5.74) is 3.91. The van der Waals surface area contributed by atoms with Gasteiger partial charge < -0.3 is 0 Å². The minimum atomic E-state index is -0.160. The van der Waals surface area contributed by atoms with Gasteiger partial charge in [0.1, 0.15) is 5.82 Å². The topological polar surface area (TPSA) is 29.0 Å². The lowest BCUT2D eigenvalue weighted by molar-refractivity contribution is 0.201. The number of nitrogens with zero attached hydrogens (tertiary/aromatic N) is 3. The molecule has 1 aliphatic heterocycles. The third-order valence-electron chi connectivity index (χ3n) is 5.28. The number of hydrogen-bond acceptors (Lipinski definition) is 3. The van der Waals surface area contributed by atoms with E-state index in [9.17, 15) is 4.39 Å². The normalized spacial score (nSPS) is 15.7. The van der Waals surface area contributed by atoms with Crippen molar-refractivity contribution in [1.29, 1.82) is 0 Å². The van der Waals surface area contributed by atoms with E-state index in [2.05, 4.69) is 28.1 Å². The molecule has 0 bridgehead atoms. The molecule has 0 unspecified atom stereocenters. The molecule has 0 atom stereocenters. The summed E-state index contributed by atoms with van der Waals surface area (Å²) in [7, 11) is 0. The molecule has 138 valence electrons. The molecule has 3 heterocycles. The van der Waals surface area contributed by atoms with Gasteiger partial charge in [0.05, 0.1) is 5.69 Å². The van der Waals surface area contributed by atoms with E-state index in [0.717, 1.165) is 49.6 Å². The van der Waals surface area contributed by atoms with Gasteiger partial charge in [-0.15, -0.1) is 0 Å².